The minimum Gasteiger partial charge on any atom is -0.478 e. The van der Waals surface area contributed by atoms with Crippen LogP contribution in [-0.4, -0.2) is 37.7 Å². The Kier molecular flexibility index (Phi) is 4.11. The number of methoxy groups -OCH3 is 1. The molecule has 3 aromatic rings. The summed E-state index contributed by atoms with van der Waals surface area (Å²) in [4.78, 5) is 0. The van der Waals surface area contributed by atoms with Crippen molar-refractivity contribution in [1.82, 2.24) is 19.6 Å². The predicted molar refractivity (Wildman–Crippen MR) is 101 cm³/mol. The highest BCUT2D eigenvalue weighted by atomic mass is 19.3. The molecule has 0 bridgehead atoms. The Morgan fingerprint density at radius 3 is 2.75 bits per heavy atom. The molecular formula is C19H22F2N5O2. The molecular weight excluding hydrogens is 368 g/mol. The molecule has 1 fully saturated rings. The number of fused-ring (bicyclic) bond motifs is 1. The van der Waals surface area contributed by atoms with Crippen molar-refractivity contribution in [3.8, 4) is 5.88 Å². The van der Waals surface area contributed by atoms with Crippen molar-refractivity contribution in [2.24, 2.45) is 13.0 Å². The van der Waals surface area contributed by atoms with Crippen molar-refractivity contribution >= 4 is 22.4 Å². The molecule has 2 N–H and O–H groups in total. The Morgan fingerprint density at radius 2 is 2.14 bits per heavy atom. The third kappa shape index (κ3) is 3.30. The minimum atomic E-state index is -2.63. The van der Waals surface area contributed by atoms with Crippen LogP contribution in [-0.2, 0) is 19.2 Å². The van der Waals surface area contributed by atoms with Gasteiger partial charge in [0.2, 0.25) is 0 Å². The summed E-state index contributed by atoms with van der Waals surface area (Å²) >= 11 is 0. The van der Waals surface area contributed by atoms with Crippen molar-refractivity contribution in [3.05, 3.63) is 36.9 Å². The first-order valence-corrected chi connectivity index (χ1v) is 8.90. The van der Waals surface area contributed by atoms with E-state index in [1.54, 1.807) is 47.7 Å². The zero-order valence-electron chi connectivity index (χ0n) is 15.9. The lowest BCUT2D eigenvalue weighted by Crippen LogP contribution is -2.15. The number of ether oxygens (including phenoxy) is 1. The lowest BCUT2D eigenvalue weighted by Gasteiger charge is -2.17. The van der Waals surface area contributed by atoms with Crippen LogP contribution in [0.2, 0.25) is 0 Å². The molecule has 1 aromatic carbocycles. The molecule has 149 valence electrons. The van der Waals surface area contributed by atoms with Gasteiger partial charge >= 0.3 is 0 Å². The second-order valence-corrected chi connectivity index (χ2v) is 7.55. The molecule has 9 heteroatoms. The van der Waals surface area contributed by atoms with E-state index in [2.05, 4.69) is 22.4 Å². The molecule has 2 heterocycles. The fraction of sp³-hybridized carbons (Fsp3) is 0.421. The molecule has 4 rings (SSSR count). The normalized spacial score (nSPS) is 18.5. The summed E-state index contributed by atoms with van der Waals surface area (Å²) in [5, 5.41) is 22.8. The summed E-state index contributed by atoms with van der Waals surface area (Å²) in [7, 11) is 3.27. The number of halogens is 2. The fourth-order valence-corrected chi connectivity index (χ4v) is 3.25. The van der Waals surface area contributed by atoms with Crippen LogP contribution >= 0.6 is 0 Å². The molecule has 2 aromatic heterocycles. The quantitative estimate of drug-likeness (QED) is 0.676. The molecule has 0 aliphatic heterocycles. The molecule has 2 unspecified atom stereocenters. The third-order valence-electron chi connectivity index (χ3n) is 4.96. The van der Waals surface area contributed by atoms with Crippen molar-refractivity contribution in [2.45, 2.75) is 31.4 Å². The molecule has 2 atom stereocenters. The second-order valence-electron chi connectivity index (χ2n) is 7.55. The van der Waals surface area contributed by atoms with Crippen LogP contribution in [0.15, 0.2) is 24.4 Å². The highest BCUT2D eigenvalue weighted by molar-refractivity contribution is 5.93. The summed E-state index contributed by atoms with van der Waals surface area (Å²) in [6, 6.07) is 5.26. The van der Waals surface area contributed by atoms with Gasteiger partial charge in [0.25, 0.3) is 11.8 Å². The summed E-state index contributed by atoms with van der Waals surface area (Å²) < 4.78 is 35.3. The predicted octanol–water partition coefficient (Wildman–Crippen LogP) is 3.22. The summed E-state index contributed by atoms with van der Waals surface area (Å²) in [5.41, 5.74) is 0.599. The summed E-state index contributed by atoms with van der Waals surface area (Å²) in [6.07, 6.45) is 1.61. The van der Waals surface area contributed by atoms with Gasteiger partial charge in [-0.05, 0) is 31.5 Å². The first kappa shape index (κ1) is 18.7. The molecule has 0 spiro atoms. The number of hydrogen-bond acceptors (Lipinski definition) is 5. The Morgan fingerprint density at radius 1 is 1.43 bits per heavy atom. The maximum Gasteiger partial charge on any atom is 0.256 e. The van der Waals surface area contributed by atoms with Gasteiger partial charge in [-0.3, -0.25) is 9.36 Å². The number of nitrogens with one attached hydrogen (secondary N) is 1. The SMILES string of the molecule is [CH2]C(C)(O)c1ccc2c(c1)c(Nc1cn(C)nc1OC)nn2CC1CC1(F)F. The standard InChI is InChI=1S/C19H22F2N5O2/c1-18(2,27)11-5-6-15-13(7-11)16(22-14-10-25(3)24-17(14)28-4)23-26(15)9-12-8-19(12,20)21/h5-7,10,12,27H,1,8-9H2,2-4H3,(H,22,23). The van der Waals surface area contributed by atoms with Crippen LogP contribution in [0.5, 0.6) is 5.88 Å². The number of hydrogen-bond donors (Lipinski definition) is 2. The van der Waals surface area contributed by atoms with Crippen molar-refractivity contribution in [3.63, 3.8) is 0 Å². The number of nitrogens with zero attached hydrogens (tertiary/aromatic N) is 4. The summed E-state index contributed by atoms with van der Waals surface area (Å²) in [5.74, 6) is -2.49. The maximum absolute atomic E-state index is 13.4. The first-order valence-electron chi connectivity index (χ1n) is 8.90. The average Bonchev–Trinajstić information content (AvgIpc) is 2.91. The maximum atomic E-state index is 13.4. The van der Waals surface area contributed by atoms with Gasteiger partial charge < -0.3 is 15.2 Å². The third-order valence-corrected chi connectivity index (χ3v) is 4.96. The van der Waals surface area contributed by atoms with E-state index >= 15 is 0 Å². The molecule has 1 aliphatic rings. The van der Waals surface area contributed by atoms with Crippen LogP contribution in [0, 0.1) is 12.8 Å². The van der Waals surface area contributed by atoms with Crippen LogP contribution in [0.25, 0.3) is 10.9 Å². The topological polar surface area (TPSA) is 77.1 Å². The van der Waals surface area contributed by atoms with Crippen molar-refractivity contribution in [1.29, 1.82) is 0 Å². The van der Waals surface area contributed by atoms with E-state index in [4.69, 9.17) is 4.74 Å². The number of aromatic nitrogens is 4. The van der Waals surface area contributed by atoms with Crippen molar-refractivity contribution in [2.75, 3.05) is 12.4 Å². The van der Waals surface area contributed by atoms with Crippen molar-refractivity contribution < 1.29 is 18.6 Å². The zero-order valence-corrected chi connectivity index (χ0v) is 15.9. The van der Waals surface area contributed by atoms with Crippen LogP contribution in [0.1, 0.15) is 18.9 Å². The highest BCUT2D eigenvalue weighted by Gasteiger charge is 2.57. The molecule has 1 aliphatic carbocycles. The Hall–Kier alpha value is -2.68. The number of benzene rings is 1. The largest absolute Gasteiger partial charge is 0.478 e. The Balaban J connectivity index is 1.78. The van der Waals surface area contributed by atoms with E-state index in [9.17, 15) is 13.9 Å². The smallest absolute Gasteiger partial charge is 0.256 e. The number of aryl methyl sites for hydroxylation is 1. The molecule has 0 amide bonds. The molecule has 28 heavy (non-hydrogen) atoms. The number of rotatable bonds is 6. The Bertz CT molecular complexity index is 1040. The molecule has 1 radical (unpaired) electrons. The zero-order chi connectivity index (χ0) is 20.3. The summed E-state index contributed by atoms with van der Waals surface area (Å²) in [6.45, 7) is 5.46. The van der Waals surface area contributed by atoms with Crippen LogP contribution in [0.3, 0.4) is 0 Å². The van der Waals surface area contributed by atoms with Gasteiger partial charge in [-0.2, -0.15) is 5.10 Å². The van der Waals surface area contributed by atoms with Gasteiger partial charge in [-0.1, -0.05) is 6.07 Å². The van der Waals surface area contributed by atoms with E-state index in [1.165, 1.54) is 7.11 Å². The van der Waals surface area contributed by atoms with Crippen LogP contribution in [0.4, 0.5) is 20.3 Å². The van der Waals surface area contributed by atoms with Gasteiger partial charge in [0, 0.05) is 24.8 Å². The van der Waals surface area contributed by atoms with E-state index in [-0.39, 0.29) is 13.0 Å². The minimum absolute atomic E-state index is 0.121. The number of aliphatic hydroxyl groups is 1. The lowest BCUT2D eigenvalue weighted by molar-refractivity contribution is 0.0945. The Labute approximate surface area is 160 Å². The molecule has 7 nitrogen and oxygen atoms in total. The average molecular weight is 390 g/mol. The second kappa shape index (κ2) is 6.16. The van der Waals surface area contributed by atoms with E-state index in [0.717, 1.165) is 0 Å². The van der Waals surface area contributed by atoms with E-state index < -0.39 is 17.4 Å². The number of anilines is 2. The molecule has 1 saturated carbocycles. The van der Waals surface area contributed by atoms with Crippen LogP contribution < -0.4 is 10.1 Å². The van der Waals surface area contributed by atoms with Gasteiger partial charge in [0.05, 0.1) is 31.0 Å². The highest BCUT2D eigenvalue weighted by Crippen LogP contribution is 2.50. The van der Waals surface area contributed by atoms with Gasteiger partial charge in [0.15, 0.2) is 5.82 Å². The lowest BCUT2D eigenvalue weighted by atomic mass is 9.97. The van der Waals surface area contributed by atoms with Gasteiger partial charge in [-0.25, -0.2) is 8.78 Å². The number of alkyl halides is 2. The first-order chi connectivity index (χ1) is 13.1. The van der Waals surface area contributed by atoms with Gasteiger partial charge in [0.1, 0.15) is 5.69 Å². The molecule has 0 saturated heterocycles. The van der Waals surface area contributed by atoms with Gasteiger partial charge in [-0.15, -0.1) is 5.10 Å². The van der Waals surface area contributed by atoms with E-state index in [0.29, 0.717) is 33.9 Å². The monoisotopic (exact) mass is 390 g/mol. The fourth-order valence-electron chi connectivity index (χ4n) is 3.25. The van der Waals surface area contributed by atoms with E-state index in [1.807, 2.05) is 0 Å².